The Bertz CT molecular complexity index is 418. The quantitative estimate of drug-likeness (QED) is 0.460. The van der Waals surface area contributed by atoms with Gasteiger partial charge in [-0.3, -0.25) is 0 Å². The van der Waals surface area contributed by atoms with Gasteiger partial charge in [-0.2, -0.15) is 0 Å². The van der Waals surface area contributed by atoms with E-state index in [2.05, 4.69) is 41.2 Å². The first-order valence-electron chi connectivity index (χ1n) is 8.91. The summed E-state index contributed by atoms with van der Waals surface area (Å²) in [6, 6.07) is 0. The third kappa shape index (κ3) is 1.79. The van der Waals surface area contributed by atoms with Crippen LogP contribution in [0.5, 0.6) is 0 Å². The van der Waals surface area contributed by atoms with Crippen molar-refractivity contribution in [2.75, 3.05) is 0 Å². The zero-order valence-corrected chi connectivity index (χ0v) is 14.4. The first-order chi connectivity index (χ1) is 9.22. The maximum Gasteiger partial charge on any atom is -0.00828 e. The van der Waals surface area contributed by atoms with Crippen molar-refractivity contribution < 1.29 is 0 Å². The molecule has 0 aromatic rings. The number of fused-ring (bicyclic) bond motifs is 3. The minimum Gasteiger partial charge on any atom is -0.0990 e. The van der Waals surface area contributed by atoms with Gasteiger partial charge in [0.1, 0.15) is 0 Å². The highest BCUT2D eigenvalue weighted by atomic mass is 14.6. The minimum absolute atomic E-state index is 0.427. The number of rotatable bonds is 0. The van der Waals surface area contributed by atoms with E-state index in [9.17, 15) is 0 Å². The minimum atomic E-state index is 0.427. The number of hydrogen-bond donors (Lipinski definition) is 0. The van der Waals surface area contributed by atoms with Crippen LogP contribution in [-0.4, -0.2) is 0 Å². The summed E-state index contributed by atoms with van der Waals surface area (Å²) < 4.78 is 0. The van der Waals surface area contributed by atoms with Crippen molar-refractivity contribution in [1.82, 2.24) is 0 Å². The van der Waals surface area contributed by atoms with Crippen LogP contribution in [0.1, 0.15) is 79.6 Å². The molecular weight excluding hydrogens is 240 g/mol. The average Bonchev–Trinajstić information content (AvgIpc) is 2.34. The van der Waals surface area contributed by atoms with Gasteiger partial charge in [-0.1, -0.05) is 53.2 Å². The van der Waals surface area contributed by atoms with Gasteiger partial charge in [0.25, 0.3) is 0 Å². The summed E-state index contributed by atoms with van der Waals surface area (Å²) in [4.78, 5) is 0. The Morgan fingerprint density at radius 3 is 2.30 bits per heavy atom. The van der Waals surface area contributed by atoms with Crippen molar-refractivity contribution in [2.24, 2.45) is 34.0 Å². The van der Waals surface area contributed by atoms with Gasteiger partial charge < -0.3 is 0 Å². The van der Waals surface area contributed by atoms with E-state index < -0.39 is 0 Å². The molecule has 0 spiro atoms. The standard InChI is InChI=1S/C20H34/c1-14-8-9-17-19(5,15(14)2)13-10-16-18(3,4)11-7-12-20(16,17)6/h14,16-17H,2,7-13H2,1,3-6H3/t14-,16+,17+,19+,20+/m0/s1. The van der Waals surface area contributed by atoms with Gasteiger partial charge in [0.15, 0.2) is 0 Å². The smallest absolute Gasteiger partial charge is 0.00828 e. The highest BCUT2D eigenvalue weighted by Gasteiger charge is 2.59. The van der Waals surface area contributed by atoms with Crippen LogP contribution < -0.4 is 0 Å². The molecule has 0 aromatic heterocycles. The largest absolute Gasteiger partial charge is 0.0990 e. The molecule has 0 aliphatic heterocycles. The van der Waals surface area contributed by atoms with E-state index in [-0.39, 0.29) is 0 Å². The zero-order valence-electron chi connectivity index (χ0n) is 14.4. The summed E-state index contributed by atoms with van der Waals surface area (Å²) in [7, 11) is 0. The van der Waals surface area contributed by atoms with Crippen molar-refractivity contribution >= 4 is 0 Å². The van der Waals surface area contributed by atoms with Crippen molar-refractivity contribution in [3.8, 4) is 0 Å². The number of allylic oxidation sites excluding steroid dienone is 1. The fourth-order valence-corrected chi connectivity index (χ4v) is 6.84. The lowest BCUT2D eigenvalue weighted by Gasteiger charge is -2.65. The van der Waals surface area contributed by atoms with Crippen LogP contribution in [0, 0.1) is 34.0 Å². The lowest BCUT2D eigenvalue weighted by Crippen LogP contribution is -2.56. The Balaban J connectivity index is 2.00. The Labute approximate surface area is 126 Å². The fourth-order valence-electron chi connectivity index (χ4n) is 6.84. The summed E-state index contributed by atoms with van der Waals surface area (Å²) in [6.07, 6.45) is 9.99. The molecule has 3 fully saturated rings. The van der Waals surface area contributed by atoms with Crippen LogP contribution in [0.15, 0.2) is 12.2 Å². The van der Waals surface area contributed by atoms with Crippen molar-refractivity contribution in [2.45, 2.75) is 79.6 Å². The lowest BCUT2D eigenvalue weighted by atomic mass is 9.40. The van der Waals surface area contributed by atoms with Gasteiger partial charge in [0.05, 0.1) is 0 Å². The molecule has 0 aromatic carbocycles. The van der Waals surface area contributed by atoms with Gasteiger partial charge in [0, 0.05) is 0 Å². The summed E-state index contributed by atoms with van der Waals surface area (Å²) in [5.74, 6) is 2.56. The maximum atomic E-state index is 4.56. The normalized spacial score (nSPS) is 51.2. The Kier molecular flexibility index (Phi) is 3.20. The van der Waals surface area contributed by atoms with Crippen LogP contribution in [-0.2, 0) is 0 Å². The molecule has 3 aliphatic carbocycles. The molecule has 0 radical (unpaired) electrons. The predicted octanol–water partition coefficient (Wildman–Crippen LogP) is 6.22. The van der Waals surface area contributed by atoms with Crippen LogP contribution in [0.3, 0.4) is 0 Å². The molecule has 114 valence electrons. The van der Waals surface area contributed by atoms with Crippen LogP contribution in [0.2, 0.25) is 0 Å². The van der Waals surface area contributed by atoms with E-state index in [0.29, 0.717) is 16.2 Å². The van der Waals surface area contributed by atoms with Gasteiger partial charge >= 0.3 is 0 Å². The van der Waals surface area contributed by atoms with Gasteiger partial charge in [-0.15, -0.1) is 0 Å². The number of hydrogen-bond acceptors (Lipinski definition) is 0. The molecule has 3 rings (SSSR count). The second-order valence-corrected chi connectivity index (χ2v) is 9.41. The molecule has 0 heterocycles. The zero-order chi connectivity index (χ0) is 14.8. The summed E-state index contributed by atoms with van der Waals surface area (Å²) in [5.41, 5.74) is 3.13. The molecule has 20 heavy (non-hydrogen) atoms. The molecular formula is C20H34. The molecule has 0 saturated heterocycles. The fraction of sp³-hybridized carbons (Fsp3) is 0.900. The van der Waals surface area contributed by atoms with Gasteiger partial charge in [-0.25, -0.2) is 0 Å². The Hall–Kier alpha value is -0.260. The molecule has 5 atom stereocenters. The molecule has 0 nitrogen and oxygen atoms in total. The molecule has 0 N–H and O–H groups in total. The highest BCUT2D eigenvalue weighted by Crippen LogP contribution is 2.68. The van der Waals surface area contributed by atoms with Crippen LogP contribution in [0.4, 0.5) is 0 Å². The van der Waals surface area contributed by atoms with E-state index in [1.54, 1.807) is 5.57 Å². The molecule has 0 heteroatoms. The van der Waals surface area contributed by atoms with Crippen LogP contribution >= 0.6 is 0 Å². The summed E-state index contributed by atoms with van der Waals surface area (Å²) in [5, 5.41) is 0. The molecule has 0 amide bonds. The summed E-state index contributed by atoms with van der Waals surface area (Å²) in [6.45, 7) is 17.2. The Morgan fingerprint density at radius 2 is 1.60 bits per heavy atom. The first kappa shape index (κ1) is 14.7. The van der Waals surface area contributed by atoms with Crippen molar-refractivity contribution in [3.63, 3.8) is 0 Å². The summed E-state index contributed by atoms with van der Waals surface area (Å²) >= 11 is 0. The van der Waals surface area contributed by atoms with E-state index >= 15 is 0 Å². The van der Waals surface area contributed by atoms with Gasteiger partial charge in [0.2, 0.25) is 0 Å². The third-order valence-electron chi connectivity index (χ3n) is 8.01. The van der Waals surface area contributed by atoms with Crippen molar-refractivity contribution in [1.29, 1.82) is 0 Å². The second kappa shape index (κ2) is 4.37. The molecule has 0 unspecified atom stereocenters. The lowest BCUT2D eigenvalue weighted by molar-refractivity contribution is -0.130. The monoisotopic (exact) mass is 274 g/mol. The van der Waals surface area contributed by atoms with E-state index in [4.69, 9.17) is 0 Å². The van der Waals surface area contributed by atoms with Crippen LogP contribution in [0.25, 0.3) is 0 Å². The Morgan fingerprint density at radius 1 is 0.900 bits per heavy atom. The molecule has 3 aliphatic rings. The van der Waals surface area contributed by atoms with E-state index in [0.717, 1.165) is 17.8 Å². The van der Waals surface area contributed by atoms with E-state index in [1.165, 1.54) is 44.9 Å². The average molecular weight is 274 g/mol. The predicted molar refractivity (Wildman–Crippen MR) is 87.6 cm³/mol. The van der Waals surface area contributed by atoms with Gasteiger partial charge in [-0.05, 0) is 72.5 Å². The van der Waals surface area contributed by atoms with Crippen molar-refractivity contribution in [3.05, 3.63) is 12.2 Å². The SMILES string of the molecule is C=C1[C@@H](C)CC[C@H]2[C@]3(C)CCCC(C)(C)[C@H]3CC[C@]12C. The molecule has 0 bridgehead atoms. The maximum absolute atomic E-state index is 4.56. The second-order valence-electron chi connectivity index (χ2n) is 9.41. The highest BCUT2D eigenvalue weighted by molar-refractivity contribution is 5.22. The third-order valence-corrected chi connectivity index (χ3v) is 8.01. The topological polar surface area (TPSA) is 0 Å². The van der Waals surface area contributed by atoms with E-state index in [1.807, 2.05) is 0 Å². The molecule has 3 saturated carbocycles. The first-order valence-corrected chi connectivity index (χ1v) is 8.91.